The summed E-state index contributed by atoms with van der Waals surface area (Å²) in [6.45, 7) is 0.305. The third-order valence-electron chi connectivity index (χ3n) is 2.16. The van der Waals surface area contributed by atoms with E-state index in [9.17, 15) is 9.18 Å². The minimum Gasteiger partial charge on any atom is -0.334 e. The number of hydrogen-bond donors (Lipinski definition) is 2. The van der Waals surface area contributed by atoms with Gasteiger partial charge in [-0.2, -0.15) is 0 Å². The molecule has 0 aliphatic heterocycles. The Morgan fingerprint density at radius 3 is 2.50 bits per heavy atom. The Morgan fingerprint density at radius 1 is 1.17 bits per heavy atom. The van der Waals surface area contributed by atoms with Crippen molar-refractivity contribution in [3.05, 3.63) is 54.1 Å². The largest absolute Gasteiger partial charge is 0.334 e. The lowest BCUT2D eigenvalue weighted by Gasteiger charge is -2.06. The smallest absolute Gasteiger partial charge is 0.321 e. The van der Waals surface area contributed by atoms with Crippen LogP contribution in [0.25, 0.3) is 0 Å². The number of halogens is 1. The monoisotopic (exact) mass is 246 g/mol. The lowest BCUT2D eigenvalue weighted by Crippen LogP contribution is -2.28. The Kier molecular flexibility index (Phi) is 3.80. The molecule has 0 radical (unpaired) electrons. The van der Waals surface area contributed by atoms with Gasteiger partial charge in [-0.1, -0.05) is 12.1 Å². The van der Waals surface area contributed by atoms with Crippen molar-refractivity contribution in [2.75, 3.05) is 5.32 Å². The zero-order valence-corrected chi connectivity index (χ0v) is 9.43. The SMILES string of the molecule is O=C(NCc1ccc(F)cc1)Nc1ncccn1. The summed E-state index contributed by atoms with van der Waals surface area (Å²) in [4.78, 5) is 19.2. The number of hydrogen-bond acceptors (Lipinski definition) is 3. The van der Waals surface area contributed by atoms with Gasteiger partial charge in [-0.05, 0) is 23.8 Å². The van der Waals surface area contributed by atoms with E-state index < -0.39 is 6.03 Å². The van der Waals surface area contributed by atoms with Crippen molar-refractivity contribution in [1.29, 1.82) is 0 Å². The van der Waals surface area contributed by atoms with E-state index in [1.165, 1.54) is 24.5 Å². The second-order valence-corrected chi connectivity index (χ2v) is 3.51. The number of benzene rings is 1. The third-order valence-corrected chi connectivity index (χ3v) is 2.16. The number of aromatic nitrogens is 2. The highest BCUT2D eigenvalue weighted by Crippen LogP contribution is 2.02. The van der Waals surface area contributed by atoms with E-state index in [1.807, 2.05) is 0 Å². The van der Waals surface area contributed by atoms with Crippen molar-refractivity contribution < 1.29 is 9.18 Å². The standard InChI is InChI=1S/C12H11FN4O/c13-10-4-2-9(3-5-10)8-16-12(18)17-11-14-6-1-7-15-11/h1-7H,8H2,(H2,14,15,16,17,18). The topological polar surface area (TPSA) is 66.9 Å². The summed E-state index contributed by atoms with van der Waals surface area (Å²) in [5.74, 6) is -0.0741. The summed E-state index contributed by atoms with van der Waals surface area (Å²) in [6.07, 6.45) is 3.06. The molecule has 1 aromatic heterocycles. The summed E-state index contributed by atoms with van der Waals surface area (Å²) < 4.78 is 12.7. The predicted octanol–water partition coefficient (Wildman–Crippen LogP) is 1.94. The van der Waals surface area contributed by atoms with Crippen LogP contribution in [0.4, 0.5) is 15.1 Å². The molecule has 1 heterocycles. The van der Waals surface area contributed by atoms with Crippen LogP contribution in [0.3, 0.4) is 0 Å². The number of carbonyl (C=O) groups excluding carboxylic acids is 1. The van der Waals surface area contributed by atoms with Gasteiger partial charge in [-0.15, -0.1) is 0 Å². The van der Waals surface area contributed by atoms with Crippen molar-refractivity contribution in [3.63, 3.8) is 0 Å². The summed E-state index contributed by atoms with van der Waals surface area (Å²) in [5.41, 5.74) is 0.806. The van der Waals surface area contributed by atoms with Crippen LogP contribution in [-0.2, 0) is 6.54 Å². The molecule has 0 atom stereocenters. The Labute approximate surface area is 103 Å². The van der Waals surface area contributed by atoms with E-state index >= 15 is 0 Å². The van der Waals surface area contributed by atoms with E-state index in [0.717, 1.165) is 5.56 Å². The fourth-order valence-electron chi connectivity index (χ4n) is 1.29. The second kappa shape index (κ2) is 5.72. The first-order valence-corrected chi connectivity index (χ1v) is 5.30. The lowest BCUT2D eigenvalue weighted by atomic mass is 10.2. The molecular formula is C12H11FN4O. The van der Waals surface area contributed by atoms with Gasteiger partial charge < -0.3 is 5.32 Å². The number of rotatable bonds is 3. The van der Waals surface area contributed by atoms with Gasteiger partial charge >= 0.3 is 6.03 Å². The van der Waals surface area contributed by atoms with E-state index in [1.54, 1.807) is 18.2 Å². The van der Waals surface area contributed by atoms with Crippen LogP contribution < -0.4 is 10.6 Å². The number of anilines is 1. The minimum atomic E-state index is -0.412. The molecular weight excluding hydrogens is 235 g/mol. The molecule has 0 saturated carbocycles. The van der Waals surface area contributed by atoms with Crippen molar-refractivity contribution >= 4 is 12.0 Å². The maximum atomic E-state index is 12.7. The molecule has 1 aromatic carbocycles. The Bertz CT molecular complexity index is 515. The number of urea groups is 1. The van der Waals surface area contributed by atoms with Crippen molar-refractivity contribution in [3.8, 4) is 0 Å². The van der Waals surface area contributed by atoms with E-state index in [-0.39, 0.29) is 11.8 Å². The van der Waals surface area contributed by atoms with Crippen LogP contribution in [0.5, 0.6) is 0 Å². The zero-order valence-electron chi connectivity index (χ0n) is 9.43. The quantitative estimate of drug-likeness (QED) is 0.869. The molecule has 5 nitrogen and oxygen atoms in total. The van der Waals surface area contributed by atoms with E-state index in [4.69, 9.17) is 0 Å². The average Bonchev–Trinajstić information content (AvgIpc) is 2.39. The highest BCUT2D eigenvalue weighted by atomic mass is 19.1. The van der Waals surface area contributed by atoms with Gasteiger partial charge in [0.2, 0.25) is 5.95 Å². The molecule has 2 amide bonds. The fourth-order valence-corrected chi connectivity index (χ4v) is 1.29. The fraction of sp³-hybridized carbons (Fsp3) is 0.0833. The first-order valence-electron chi connectivity index (χ1n) is 5.30. The number of nitrogens with zero attached hydrogens (tertiary/aromatic N) is 2. The van der Waals surface area contributed by atoms with Gasteiger partial charge in [0.15, 0.2) is 0 Å². The average molecular weight is 246 g/mol. The molecule has 0 saturated heterocycles. The Morgan fingerprint density at radius 2 is 1.83 bits per heavy atom. The summed E-state index contributed by atoms with van der Waals surface area (Å²) in [7, 11) is 0. The lowest BCUT2D eigenvalue weighted by molar-refractivity contribution is 0.251. The van der Waals surface area contributed by atoms with Crippen molar-refractivity contribution in [2.45, 2.75) is 6.54 Å². The molecule has 0 bridgehead atoms. The molecule has 6 heteroatoms. The number of nitrogens with one attached hydrogen (secondary N) is 2. The Hall–Kier alpha value is -2.50. The van der Waals surface area contributed by atoms with Gasteiger partial charge in [-0.3, -0.25) is 5.32 Å². The number of amides is 2. The van der Waals surface area contributed by atoms with Gasteiger partial charge in [0.05, 0.1) is 0 Å². The van der Waals surface area contributed by atoms with Gasteiger partial charge in [0.1, 0.15) is 5.82 Å². The summed E-state index contributed by atoms with van der Waals surface area (Å²) in [5, 5.41) is 5.09. The van der Waals surface area contributed by atoms with Gasteiger partial charge in [0, 0.05) is 18.9 Å². The molecule has 0 spiro atoms. The molecule has 2 rings (SSSR count). The first kappa shape index (κ1) is 12.0. The third kappa shape index (κ3) is 3.51. The molecule has 2 aromatic rings. The van der Waals surface area contributed by atoms with Gasteiger partial charge in [0.25, 0.3) is 0 Å². The number of carbonyl (C=O) groups is 1. The molecule has 2 N–H and O–H groups in total. The molecule has 0 fully saturated rings. The van der Waals surface area contributed by atoms with Crippen LogP contribution in [-0.4, -0.2) is 16.0 Å². The molecule has 0 aliphatic rings. The molecule has 18 heavy (non-hydrogen) atoms. The van der Waals surface area contributed by atoms with Gasteiger partial charge in [-0.25, -0.2) is 19.2 Å². The van der Waals surface area contributed by atoms with E-state index in [0.29, 0.717) is 6.54 Å². The van der Waals surface area contributed by atoms with Crippen molar-refractivity contribution in [2.24, 2.45) is 0 Å². The zero-order chi connectivity index (χ0) is 12.8. The first-order chi connectivity index (χ1) is 8.74. The van der Waals surface area contributed by atoms with Crippen LogP contribution in [0.15, 0.2) is 42.7 Å². The van der Waals surface area contributed by atoms with Crippen LogP contribution in [0.1, 0.15) is 5.56 Å². The molecule has 92 valence electrons. The van der Waals surface area contributed by atoms with Crippen LogP contribution in [0, 0.1) is 5.82 Å². The second-order valence-electron chi connectivity index (χ2n) is 3.51. The maximum Gasteiger partial charge on any atom is 0.321 e. The van der Waals surface area contributed by atoms with Crippen molar-refractivity contribution in [1.82, 2.24) is 15.3 Å². The highest BCUT2D eigenvalue weighted by Gasteiger charge is 2.02. The normalized spacial score (nSPS) is 9.83. The molecule has 0 unspecified atom stereocenters. The minimum absolute atomic E-state index is 0.231. The van der Waals surface area contributed by atoms with E-state index in [2.05, 4.69) is 20.6 Å². The summed E-state index contributed by atoms with van der Waals surface area (Å²) >= 11 is 0. The van der Waals surface area contributed by atoms with Crippen LogP contribution in [0.2, 0.25) is 0 Å². The highest BCUT2D eigenvalue weighted by molar-refractivity contribution is 5.87. The summed E-state index contributed by atoms with van der Waals surface area (Å²) in [6, 6.07) is 7.14. The Balaban J connectivity index is 1.83. The van der Waals surface area contributed by atoms with Crippen LogP contribution >= 0.6 is 0 Å². The maximum absolute atomic E-state index is 12.7. The molecule has 0 aliphatic carbocycles. The predicted molar refractivity (Wildman–Crippen MR) is 64.3 cm³/mol.